The summed E-state index contributed by atoms with van der Waals surface area (Å²) < 4.78 is 26.8. The van der Waals surface area contributed by atoms with Crippen LogP contribution < -0.4 is 0 Å². The SMILES string of the molecule is Cc1ccc(-c2ccc(O)cc2F)cc1F. The van der Waals surface area contributed by atoms with Gasteiger partial charge in [0.05, 0.1) is 0 Å². The second-order valence-corrected chi connectivity index (χ2v) is 3.63. The number of hydrogen-bond donors (Lipinski definition) is 1. The van der Waals surface area contributed by atoms with E-state index in [9.17, 15) is 8.78 Å². The zero-order chi connectivity index (χ0) is 11.7. The fourth-order valence-electron chi connectivity index (χ4n) is 1.50. The predicted molar refractivity (Wildman–Crippen MR) is 58.2 cm³/mol. The van der Waals surface area contributed by atoms with Crippen molar-refractivity contribution in [3.05, 3.63) is 53.6 Å². The van der Waals surface area contributed by atoms with E-state index in [4.69, 9.17) is 5.11 Å². The topological polar surface area (TPSA) is 20.2 Å². The van der Waals surface area contributed by atoms with E-state index >= 15 is 0 Å². The summed E-state index contributed by atoms with van der Waals surface area (Å²) in [6, 6.07) is 8.33. The minimum absolute atomic E-state index is 0.145. The minimum atomic E-state index is -0.566. The molecular formula is C13H10F2O. The molecule has 0 aliphatic rings. The molecule has 0 saturated heterocycles. The Bertz CT molecular complexity index is 535. The Labute approximate surface area is 92.0 Å². The summed E-state index contributed by atoms with van der Waals surface area (Å²) in [4.78, 5) is 0. The van der Waals surface area contributed by atoms with E-state index in [2.05, 4.69) is 0 Å². The van der Waals surface area contributed by atoms with Crippen LogP contribution in [0.3, 0.4) is 0 Å². The zero-order valence-electron chi connectivity index (χ0n) is 8.67. The summed E-state index contributed by atoms with van der Waals surface area (Å²) in [6.45, 7) is 1.65. The molecule has 0 fully saturated rings. The summed E-state index contributed by atoms with van der Waals surface area (Å²) in [5, 5.41) is 9.07. The van der Waals surface area contributed by atoms with Crippen LogP contribution in [0.4, 0.5) is 8.78 Å². The lowest BCUT2D eigenvalue weighted by Gasteiger charge is -2.05. The lowest BCUT2D eigenvalue weighted by molar-refractivity contribution is 0.469. The Balaban J connectivity index is 2.54. The van der Waals surface area contributed by atoms with Crippen molar-refractivity contribution in [2.75, 3.05) is 0 Å². The number of hydrogen-bond acceptors (Lipinski definition) is 1. The van der Waals surface area contributed by atoms with Crippen LogP contribution in [0, 0.1) is 18.6 Å². The van der Waals surface area contributed by atoms with Crippen molar-refractivity contribution in [3.63, 3.8) is 0 Å². The van der Waals surface area contributed by atoms with Gasteiger partial charge in [-0.05, 0) is 36.2 Å². The van der Waals surface area contributed by atoms with Gasteiger partial charge in [0.15, 0.2) is 0 Å². The molecule has 0 radical (unpaired) electrons. The van der Waals surface area contributed by atoms with Gasteiger partial charge in [0.2, 0.25) is 0 Å². The van der Waals surface area contributed by atoms with Crippen LogP contribution >= 0.6 is 0 Å². The molecule has 0 aliphatic carbocycles. The van der Waals surface area contributed by atoms with E-state index in [0.29, 0.717) is 11.1 Å². The highest BCUT2D eigenvalue weighted by atomic mass is 19.1. The number of benzene rings is 2. The molecule has 16 heavy (non-hydrogen) atoms. The Hall–Kier alpha value is -1.90. The molecule has 0 amide bonds. The first-order valence-electron chi connectivity index (χ1n) is 4.83. The van der Waals surface area contributed by atoms with Crippen LogP contribution in [-0.4, -0.2) is 5.11 Å². The number of aromatic hydroxyl groups is 1. The summed E-state index contributed by atoms with van der Waals surface area (Å²) in [6.07, 6.45) is 0. The smallest absolute Gasteiger partial charge is 0.134 e. The van der Waals surface area contributed by atoms with Gasteiger partial charge >= 0.3 is 0 Å². The molecule has 2 aromatic rings. The summed E-state index contributed by atoms with van der Waals surface area (Å²) in [7, 11) is 0. The van der Waals surface area contributed by atoms with Gasteiger partial charge in [-0.1, -0.05) is 12.1 Å². The van der Waals surface area contributed by atoms with Gasteiger partial charge in [0.25, 0.3) is 0 Å². The highest BCUT2D eigenvalue weighted by molar-refractivity contribution is 5.65. The number of phenolic OH excluding ortho intramolecular Hbond substituents is 1. The Morgan fingerprint density at radius 3 is 2.31 bits per heavy atom. The van der Waals surface area contributed by atoms with E-state index in [1.54, 1.807) is 19.1 Å². The van der Waals surface area contributed by atoms with Gasteiger partial charge < -0.3 is 5.11 Å². The molecule has 82 valence electrons. The van der Waals surface area contributed by atoms with E-state index < -0.39 is 5.82 Å². The molecule has 3 heteroatoms. The normalized spacial score (nSPS) is 10.4. The van der Waals surface area contributed by atoms with Gasteiger partial charge in [-0.25, -0.2) is 8.78 Å². The van der Waals surface area contributed by atoms with E-state index in [1.807, 2.05) is 0 Å². The third-order valence-corrected chi connectivity index (χ3v) is 2.44. The highest BCUT2D eigenvalue weighted by Crippen LogP contribution is 2.26. The van der Waals surface area contributed by atoms with Crippen LogP contribution in [0.2, 0.25) is 0 Å². The third-order valence-electron chi connectivity index (χ3n) is 2.44. The maximum Gasteiger partial charge on any atom is 0.134 e. The molecular weight excluding hydrogens is 210 g/mol. The Morgan fingerprint density at radius 2 is 1.69 bits per heavy atom. The van der Waals surface area contributed by atoms with Crippen molar-refractivity contribution in [2.45, 2.75) is 6.92 Å². The Morgan fingerprint density at radius 1 is 0.938 bits per heavy atom. The van der Waals surface area contributed by atoms with Crippen molar-refractivity contribution in [3.8, 4) is 16.9 Å². The molecule has 0 unspecified atom stereocenters. The molecule has 1 nitrogen and oxygen atoms in total. The second kappa shape index (κ2) is 3.93. The van der Waals surface area contributed by atoms with Crippen molar-refractivity contribution in [1.29, 1.82) is 0 Å². The van der Waals surface area contributed by atoms with Gasteiger partial charge in [-0.15, -0.1) is 0 Å². The average Bonchev–Trinajstić information content (AvgIpc) is 2.22. The fourth-order valence-corrected chi connectivity index (χ4v) is 1.50. The zero-order valence-corrected chi connectivity index (χ0v) is 8.67. The quantitative estimate of drug-likeness (QED) is 0.777. The molecule has 1 N–H and O–H groups in total. The number of halogens is 2. The molecule has 0 saturated carbocycles. The maximum absolute atomic E-state index is 13.5. The molecule has 0 bridgehead atoms. The molecule has 0 spiro atoms. The van der Waals surface area contributed by atoms with Crippen LogP contribution in [-0.2, 0) is 0 Å². The van der Waals surface area contributed by atoms with Crippen molar-refractivity contribution in [2.24, 2.45) is 0 Å². The first-order valence-corrected chi connectivity index (χ1v) is 4.83. The van der Waals surface area contributed by atoms with Crippen LogP contribution in [0.25, 0.3) is 11.1 Å². The molecule has 0 heterocycles. The van der Waals surface area contributed by atoms with Crippen LogP contribution in [0.5, 0.6) is 5.75 Å². The number of phenols is 1. The molecule has 0 aromatic heterocycles. The first kappa shape index (κ1) is 10.6. The molecule has 2 aromatic carbocycles. The molecule has 2 rings (SSSR count). The standard InChI is InChI=1S/C13H10F2O/c1-8-2-3-9(6-12(8)14)11-5-4-10(16)7-13(11)15/h2-7,16H,1H3. The largest absolute Gasteiger partial charge is 0.508 e. The third kappa shape index (κ3) is 1.89. The van der Waals surface area contributed by atoms with Gasteiger partial charge in [0.1, 0.15) is 17.4 Å². The Kier molecular flexibility index (Phi) is 2.60. The number of aryl methyl sites for hydroxylation is 1. The van der Waals surface area contributed by atoms with Gasteiger partial charge in [-0.3, -0.25) is 0 Å². The minimum Gasteiger partial charge on any atom is -0.508 e. The monoisotopic (exact) mass is 220 g/mol. The van der Waals surface area contributed by atoms with Crippen LogP contribution in [0.15, 0.2) is 36.4 Å². The van der Waals surface area contributed by atoms with Crippen LogP contribution in [0.1, 0.15) is 5.56 Å². The lowest BCUT2D eigenvalue weighted by atomic mass is 10.0. The van der Waals surface area contributed by atoms with Crippen molar-refractivity contribution in [1.82, 2.24) is 0 Å². The predicted octanol–water partition coefficient (Wildman–Crippen LogP) is 3.65. The maximum atomic E-state index is 13.5. The summed E-state index contributed by atoms with van der Waals surface area (Å²) in [5.74, 6) is -1.08. The van der Waals surface area contributed by atoms with E-state index in [0.717, 1.165) is 6.07 Å². The molecule has 0 aliphatic heterocycles. The average molecular weight is 220 g/mol. The lowest BCUT2D eigenvalue weighted by Crippen LogP contribution is -1.87. The summed E-state index contributed by atoms with van der Waals surface area (Å²) in [5.41, 5.74) is 1.25. The van der Waals surface area contributed by atoms with E-state index in [1.165, 1.54) is 18.2 Å². The van der Waals surface area contributed by atoms with Crippen molar-refractivity contribution < 1.29 is 13.9 Å². The first-order chi connectivity index (χ1) is 7.58. The van der Waals surface area contributed by atoms with Gasteiger partial charge in [-0.2, -0.15) is 0 Å². The highest BCUT2D eigenvalue weighted by Gasteiger charge is 2.07. The fraction of sp³-hybridized carbons (Fsp3) is 0.0769. The van der Waals surface area contributed by atoms with E-state index in [-0.39, 0.29) is 17.1 Å². The summed E-state index contributed by atoms with van der Waals surface area (Å²) >= 11 is 0. The van der Waals surface area contributed by atoms with Crippen molar-refractivity contribution >= 4 is 0 Å². The molecule has 0 atom stereocenters. The number of rotatable bonds is 1. The van der Waals surface area contributed by atoms with Gasteiger partial charge in [0, 0.05) is 11.6 Å². The second-order valence-electron chi connectivity index (χ2n) is 3.63.